The third-order valence-electron chi connectivity index (χ3n) is 3.07. The maximum absolute atomic E-state index is 13.6. The van der Waals surface area contributed by atoms with Crippen LogP contribution in [-0.2, 0) is 12.8 Å². The summed E-state index contributed by atoms with van der Waals surface area (Å²) < 4.78 is 27.1. The van der Waals surface area contributed by atoms with Gasteiger partial charge in [0.05, 0.1) is 0 Å². The number of hydrogen-bond donors (Lipinski definition) is 1. The standard InChI is InChI=1S/C15H19F2N3S/c1-2-8-18-9-4-7-14-19-20-15(21-14)10-11-12(16)5-3-6-13(11)17/h3,5-6,18H,2,4,7-10H2,1H3. The molecule has 1 heterocycles. The van der Waals surface area contributed by atoms with Gasteiger partial charge in [0.2, 0.25) is 0 Å². The first-order valence-electron chi connectivity index (χ1n) is 7.15. The van der Waals surface area contributed by atoms with Crippen molar-refractivity contribution in [2.75, 3.05) is 13.1 Å². The minimum atomic E-state index is -0.532. The van der Waals surface area contributed by atoms with E-state index in [0.717, 1.165) is 37.4 Å². The highest BCUT2D eigenvalue weighted by Crippen LogP contribution is 2.20. The molecule has 2 aromatic rings. The quantitative estimate of drug-likeness (QED) is 0.760. The summed E-state index contributed by atoms with van der Waals surface area (Å²) in [6.45, 7) is 4.10. The van der Waals surface area contributed by atoms with Crippen molar-refractivity contribution in [3.05, 3.63) is 45.4 Å². The first-order chi connectivity index (χ1) is 10.2. The summed E-state index contributed by atoms with van der Waals surface area (Å²) in [5.74, 6) is -1.06. The highest BCUT2D eigenvalue weighted by molar-refractivity contribution is 7.11. The molecule has 114 valence electrons. The molecule has 1 aromatic heterocycles. The highest BCUT2D eigenvalue weighted by atomic mass is 32.1. The third kappa shape index (κ3) is 4.82. The van der Waals surface area contributed by atoms with E-state index in [4.69, 9.17) is 0 Å². The topological polar surface area (TPSA) is 37.8 Å². The van der Waals surface area contributed by atoms with Crippen LogP contribution in [0.5, 0.6) is 0 Å². The molecule has 1 aromatic carbocycles. The van der Waals surface area contributed by atoms with Gasteiger partial charge in [-0.05, 0) is 38.1 Å². The number of aromatic nitrogens is 2. The molecule has 0 saturated heterocycles. The summed E-state index contributed by atoms with van der Waals surface area (Å²) in [5, 5.41) is 13.0. The molecule has 2 rings (SSSR count). The maximum Gasteiger partial charge on any atom is 0.129 e. The van der Waals surface area contributed by atoms with E-state index < -0.39 is 11.6 Å². The molecular weight excluding hydrogens is 292 g/mol. The van der Waals surface area contributed by atoms with Crippen LogP contribution >= 0.6 is 11.3 Å². The van der Waals surface area contributed by atoms with Gasteiger partial charge in [0.25, 0.3) is 0 Å². The molecule has 3 nitrogen and oxygen atoms in total. The molecule has 21 heavy (non-hydrogen) atoms. The SMILES string of the molecule is CCCNCCCc1nnc(Cc2c(F)cccc2F)s1. The molecule has 0 aliphatic carbocycles. The number of nitrogens with zero attached hydrogens (tertiary/aromatic N) is 2. The van der Waals surface area contributed by atoms with Crippen LogP contribution < -0.4 is 5.32 Å². The lowest BCUT2D eigenvalue weighted by molar-refractivity contribution is 0.561. The summed E-state index contributed by atoms with van der Waals surface area (Å²) in [6.07, 6.45) is 3.11. The summed E-state index contributed by atoms with van der Waals surface area (Å²) in [6, 6.07) is 3.89. The van der Waals surface area contributed by atoms with Crippen LogP contribution in [-0.4, -0.2) is 23.3 Å². The second kappa shape index (κ2) is 8.14. The zero-order valence-corrected chi connectivity index (χ0v) is 12.8. The summed E-state index contributed by atoms with van der Waals surface area (Å²) in [5.41, 5.74) is 0.0600. The molecule has 0 amide bonds. The van der Waals surface area contributed by atoms with Gasteiger partial charge in [-0.15, -0.1) is 21.5 Å². The van der Waals surface area contributed by atoms with Gasteiger partial charge in [-0.1, -0.05) is 13.0 Å². The van der Waals surface area contributed by atoms with Crippen LogP contribution in [0.15, 0.2) is 18.2 Å². The van der Waals surface area contributed by atoms with Crippen molar-refractivity contribution < 1.29 is 8.78 Å². The van der Waals surface area contributed by atoms with Crippen molar-refractivity contribution in [1.29, 1.82) is 0 Å². The van der Waals surface area contributed by atoms with E-state index in [9.17, 15) is 8.78 Å². The molecule has 0 fully saturated rings. The number of halogens is 2. The third-order valence-corrected chi connectivity index (χ3v) is 4.05. The molecule has 0 aliphatic rings. The molecular formula is C15H19F2N3S. The van der Waals surface area contributed by atoms with E-state index in [2.05, 4.69) is 22.4 Å². The Kier molecular flexibility index (Phi) is 6.20. The lowest BCUT2D eigenvalue weighted by atomic mass is 10.1. The van der Waals surface area contributed by atoms with Gasteiger partial charge in [0, 0.05) is 18.4 Å². The lowest BCUT2D eigenvalue weighted by Gasteiger charge is -2.01. The molecule has 6 heteroatoms. The number of hydrogen-bond acceptors (Lipinski definition) is 4. The van der Waals surface area contributed by atoms with Gasteiger partial charge < -0.3 is 5.32 Å². The van der Waals surface area contributed by atoms with Crippen molar-refractivity contribution in [1.82, 2.24) is 15.5 Å². The lowest BCUT2D eigenvalue weighted by Crippen LogP contribution is -2.16. The predicted octanol–water partition coefficient (Wildman–Crippen LogP) is 3.34. The molecule has 0 bridgehead atoms. The van der Waals surface area contributed by atoms with Gasteiger partial charge in [-0.3, -0.25) is 0 Å². The average Bonchev–Trinajstić information content (AvgIpc) is 2.91. The zero-order valence-electron chi connectivity index (χ0n) is 12.0. The van der Waals surface area contributed by atoms with Crippen molar-refractivity contribution in [3.63, 3.8) is 0 Å². The van der Waals surface area contributed by atoms with Crippen molar-refractivity contribution in [3.8, 4) is 0 Å². The Morgan fingerprint density at radius 3 is 2.52 bits per heavy atom. The van der Waals surface area contributed by atoms with E-state index >= 15 is 0 Å². The largest absolute Gasteiger partial charge is 0.317 e. The number of rotatable bonds is 8. The Morgan fingerprint density at radius 1 is 1.10 bits per heavy atom. The number of nitrogens with one attached hydrogen (secondary N) is 1. The molecule has 0 aliphatic heterocycles. The smallest absolute Gasteiger partial charge is 0.129 e. The summed E-state index contributed by atoms with van der Waals surface area (Å²) in [4.78, 5) is 0. The van der Waals surface area contributed by atoms with Gasteiger partial charge >= 0.3 is 0 Å². The molecule has 0 radical (unpaired) electrons. The Labute approximate surface area is 127 Å². The fourth-order valence-electron chi connectivity index (χ4n) is 1.98. The van der Waals surface area contributed by atoms with Crippen molar-refractivity contribution in [2.45, 2.75) is 32.6 Å². The van der Waals surface area contributed by atoms with E-state index in [1.807, 2.05) is 0 Å². The summed E-state index contributed by atoms with van der Waals surface area (Å²) >= 11 is 1.43. The summed E-state index contributed by atoms with van der Waals surface area (Å²) in [7, 11) is 0. The maximum atomic E-state index is 13.6. The van der Waals surface area contributed by atoms with Crippen LogP contribution in [0.4, 0.5) is 8.78 Å². The molecule has 1 N–H and O–H groups in total. The molecule has 0 spiro atoms. The second-order valence-corrected chi connectivity index (χ2v) is 5.97. The molecule has 0 saturated carbocycles. The highest BCUT2D eigenvalue weighted by Gasteiger charge is 2.12. The van der Waals surface area contributed by atoms with Gasteiger partial charge in [-0.25, -0.2) is 8.78 Å². The van der Waals surface area contributed by atoms with E-state index in [-0.39, 0.29) is 12.0 Å². The van der Waals surface area contributed by atoms with Crippen LogP contribution in [0.3, 0.4) is 0 Å². The first-order valence-corrected chi connectivity index (χ1v) is 7.97. The van der Waals surface area contributed by atoms with Crippen LogP contribution in [0, 0.1) is 11.6 Å². The first kappa shape index (κ1) is 16.0. The van der Waals surface area contributed by atoms with Gasteiger partial charge in [-0.2, -0.15) is 0 Å². The van der Waals surface area contributed by atoms with Crippen molar-refractivity contribution in [2.24, 2.45) is 0 Å². The Bertz CT molecular complexity index is 552. The fraction of sp³-hybridized carbons (Fsp3) is 0.467. The Morgan fingerprint density at radius 2 is 1.81 bits per heavy atom. The van der Waals surface area contributed by atoms with Crippen LogP contribution in [0.1, 0.15) is 35.3 Å². The number of aryl methyl sites for hydroxylation is 1. The molecule has 0 unspecified atom stereocenters. The van der Waals surface area contributed by atoms with Crippen molar-refractivity contribution >= 4 is 11.3 Å². The van der Waals surface area contributed by atoms with Gasteiger partial charge in [0.15, 0.2) is 0 Å². The van der Waals surface area contributed by atoms with E-state index in [1.165, 1.54) is 29.5 Å². The van der Waals surface area contributed by atoms with Crippen LogP contribution in [0.2, 0.25) is 0 Å². The minimum absolute atomic E-state index is 0.0600. The zero-order chi connectivity index (χ0) is 15.1. The fourth-order valence-corrected chi connectivity index (χ4v) is 2.88. The van der Waals surface area contributed by atoms with E-state index in [0.29, 0.717) is 5.01 Å². The minimum Gasteiger partial charge on any atom is -0.317 e. The van der Waals surface area contributed by atoms with E-state index in [1.54, 1.807) is 0 Å². The number of benzene rings is 1. The average molecular weight is 311 g/mol. The van der Waals surface area contributed by atoms with Gasteiger partial charge in [0.1, 0.15) is 21.6 Å². The predicted molar refractivity (Wildman–Crippen MR) is 80.6 cm³/mol. The van der Waals surface area contributed by atoms with Crippen LogP contribution in [0.25, 0.3) is 0 Å². The Balaban J connectivity index is 1.88. The normalized spacial score (nSPS) is 11.0. The second-order valence-electron chi connectivity index (χ2n) is 4.82. The monoisotopic (exact) mass is 311 g/mol. The Hall–Kier alpha value is -1.40. The molecule has 0 atom stereocenters.